The molecule has 8 nitrogen and oxygen atoms in total. The van der Waals surface area contributed by atoms with Crippen LogP contribution in [0.2, 0.25) is 0 Å². The predicted molar refractivity (Wildman–Crippen MR) is 109 cm³/mol. The predicted octanol–water partition coefficient (Wildman–Crippen LogP) is 2.79. The Morgan fingerprint density at radius 1 is 0.967 bits per heavy atom. The van der Waals surface area contributed by atoms with Crippen LogP contribution in [0.1, 0.15) is 41.8 Å². The molecule has 8 heteroatoms. The maximum atomic E-state index is 12.3. The minimum Gasteiger partial charge on any atom is -0.494 e. The second kappa shape index (κ2) is 11.4. The highest BCUT2D eigenvalue weighted by atomic mass is 16.5. The zero-order valence-electron chi connectivity index (χ0n) is 16.8. The lowest BCUT2D eigenvalue weighted by atomic mass is 10.1. The van der Waals surface area contributed by atoms with E-state index in [4.69, 9.17) is 9.47 Å². The summed E-state index contributed by atoms with van der Waals surface area (Å²) in [5.41, 5.74) is 1.04. The Bertz CT molecular complexity index is 880. The molecule has 0 aliphatic carbocycles. The lowest BCUT2D eigenvalue weighted by molar-refractivity contribution is -0.156. The summed E-state index contributed by atoms with van der Waals surface area (Å²) >= 11 is 0. The van der Waals surface area contributed by atoms with Crippen molar-refractivity contribution in [2.75, 3.05) is 13.7 Å². The van der Waals surface area contributed by atoms with Crippen molar-refractivity contribution >= 4 is 23.7 Å². The summed E-state index contributed by atoms with van der Waals surface area (Å²) in [7, 11) is 1.37. The number of amides is 3. The van der Waals surface area contributed by atoms with E-state index in [9.17, 15) is 19.2 Å². The number of nitrogens with one attached hydrogen (secondary N) is 2. The summed E-state index contributed by atoms with van der Waals surface area (Å²) < 4.78 is 10.9. The van der Waals surface area contributed by atoms with E-state index in [0.717, 1.165) is 0 Å². The van der Waals surface area contributed by atoms with E-state index >= 15 is 0 Å². The van der Waals surface area contributed by atoms with Gasteiger partial charge in [0.2, 0.25) is 6.10 Å². The average molecular weight is 412 g/mol. The summed E-state index contributed by atoms with van der Waals surface area (Å²) in [5, 5.41) is 4.40. The molecule has 2 aromatic carbocycles. The molecule has 1 atom stereocenters. The van der Waals surface area contributed by atoms with E-state index in [-0.39, 0.29) is 18.8 Å². The van der Waals surface area contributed by atoms with Crippen LogP contribution in [-0.2, 0) is 14.3 Å². The zero-order valence-corrected chi connectivity index (χ0v) is 16.8. The zero-order chi connectivity index (χ0) is 21.9. The van der Waals surface area contributed by atoms with Gasteiger partial charge in [-0.3, -0.25) is 19.7 Å². The Kier molecular flexibility index (Phi) is 8.56. The fourth-order valence-electron chi connectivity index (χ4n) is 2.52. The molecular weight excluding hydrogens is 388 g/mol. The Labute approximate surface area is 174 Å². The molecule has 158 valence electrons. The van der Waals surface area contributed by atoms with Gasteiger partial charge in [-0.15, -0.1) is 0 Å². The molecular formula is C22H24N2O6. The lowest BCUT2D eigenvalue weighted by Crippen LogP contribution is -2.41. The molecule has 0 bridgehead atoms. The first-order chi connectivity index (χ1) is 14.4. The molecule has 0 radical (unpaired) electrons. The van der Waals surface area contributed by atoms with Crippen molar-refractivity contribution in [3.05, 3.63) is 65.7 Å². The number of hydrogen-bond donors (Lipinski definition) is 2. The number of ketones is 1. The number of ether oxygens (including phenoxy) is 2. The van der Waals surface area contributed by atoms with Gasteiger partial charge in [0.25, 0.3) is 5.91 Å². The summed E-state index contributed by atoms with van der Waals surface area (Å²) in [6, 6.07) is 14.4. The Morgan fingerprint density at radius 2 is 1.63 bits per heavy atom. The molecule has 0 spiro atoms. The molecule has 0 saturated heterocycles. The minimum absolute atomic E-state index is 0.0299. The van der Waals surface area contributed by atoms with Crippen LogP contribution in [0.15, 0.2) is 54.6 Å². The molecule has 2 rings (SSSR count). The standard InChI is InChI=1S/C22H24N2O6/c1-15(25)16-10-12-18(13-11-16)29-14-6-9-19(26)30-20(17-7-4-3-5-8-17)21(27)24-22(28)23-2/h3-5,7-8,10-13,20H,6,9,14H2,1-2H3,(H2,23,24,27,28)/t20-/m0/s1. The third-order valence-corrected chi connectivity index (χ3v) is 4.11. The molecule has 0 aliphatic heterocycles. The van der Waals surface area contributed by atoms with Crippen molar-refractivity contribution in [1.29, 1.82) is 0 Å². The monoisotopic (exact) mass is 412 g/mol. The van der Waals surface area contributed by atoms with Crippen LogP contribution < -0.4 is 15.4 Å². The van der Waals surface area contributed by atoms with Crippen molar-refractivity contribution in [2.24, 2.45) is 0 Å². The molecule has 2 aromatic rings. The van der Waals surface area contributed by atoms with Crippen LogP contribution in [0, 0.1) is 0 Å². The first-order valence-corrected chi connectivity index (χ1v) is 9.41. The van der Waals surface area contributed by atoms with Crippen molar-refractivity contribution in [3.8, 4) is 5.75 Å². The van der Waals surface area contributed by atoms with Gasteiger partial charge in [-0.2, -0.15) is 0 Å². The van der Waals surface area contributed by atoms with Crippen LogP contribution in [0.25, 0.3) is 0 Å². The van der Waals surface area contributed by atoms with Gasteiger partial charge in [-0.1, -0.05) is 30.3 Å². The SMILES string of the molecule is CNC(=O)NC(=O)[C@@H](OC(=O)CCCOc1ccc(C(C)=O)cc1)c1ccccc1. The Balaban J connectivity index is 1.86. The van der Waals surface area contributed by atoms with Crippen molar-refractivity contribution < 1.29 is 28.7 Å². The first kappa shape index (κ1) is 22.6. The van der Waals surface area contributed by atoms with Crippen LogP contribution in [0.5, 0.6) is 5.75 Å². The molecule has 0 heterocycles. The van der Waals surface area contributed by atoms with E-state index in [1.54, 1.807) is 54.6 Å². The number of carbonyl (C=O) groups excluding carboxylic acids is 4. The molecule has 0 fully saturated rings. The van der Waals surface area contributed by atoms with Crippen molar-refractivity contribution in [1.82, 2.24) is 10.6 Å². The number of rotatable bonds is 9. The molecule has 0 aliphatic rings. The summed E-state index contributed by atoms with van der Waals surface area (Å²) in [5.74, 6) is -0.777. The lowest BCUT2D eigenvalue weighted by Gasteiger charge is -2.17. The largest absolute Gasteiger partial charge is 0.494 e. The molecule has 0 saturated carbocycles. The van der Waals surface area contributed by atoms with Gasteiger partial charge in [0.1, 0.15) is 5.75 Å². The van der Waals surface area contributed by atoms with Crippen LogP contribution >= 0.6 is 0 Å². The van der Waals surface area contributed by atoms with Crippen molar-refractivity contribution in [2.45, 2.75) is 25.9 Å². The van der Waals surface area contributed by atoms with Gasteiger partial charge in [-0.05, 0) is 37.6 Å². The minimum atomic E-state index is -1.24. The number of esters is 1. The highest BCUT2D eigenvalue weighted by Crippen LogP contribution is 2.19. The summed E-state index contributed by atoms with van der Waals surface area (Å²) in [6.45, 7) is 1.74. The van der Waals surface area contributed by atoms with Gasteiger partial charge in [0.15, 0.2) is 5.78 Å². The smallest absolute Gasteiger partial charge is 0.321 e. The fraction of sp³-hybridized carbons (Fsp3) is 0.273. The maximum absolute atomic E-state index is 12.3. The average Bonchev–Trinajstić information content (AvgIpc) is 2.75. The summed E-state index contributed by atoms with van der Waals surface area (Å²) in [6.07, 6.45) is -0.843. The first-order valence-electron chi connectivity index (χ1n) is 9.41. The van der Waals surface area contributed by atoms with Gasteiger partial charge in [-0.25, -0.2) is 4.79 Å². The quantitative estimate of drug-likeness (QED) is 0.372. The van der Waals surface area contributed by atoms with Gasteiger partial charge >= 0.3 is 12.0 Å². The van der Waals surface area contributed by atoms with Crippen molar-refractivity contribution in [3.63, 3.8) is 0 Å². The Hall–Kier alpha value is -3.68. The number of hydrogen-bond acceptors (Lipinski definition) is 6. The van der Waals surface area contributed by atoms with E-state index in [2.05, 4.69) is 10.6 Å². The third kappa shape index (κ3) is 7.05. The highest BCUT2D eigenvalue weighted by molar-refractivity contribution is 5.97. The topological polar surface area (TPSA) is 111 Å². The van der Waals surface area contributed by atoms with Crippen LogP contribution in [0.4, 0.5) is 4.79 Å². The van der Waals surface area contributed by atoms with Gasteiger partial charge < -0.3 is 14.8 Å². The van der Waals surface area contributed by atoms with E-state index < -0.39 is 24.0 Å². The molecule has 30 heavy (non-hydrogen) atoms. The number of benzene rings is 2. The van der Waals surface area contributed by atoms with Crippen LogP contribution in [-0.4, -0.2) is 37.3 Å². The highest BCUT2D eigenvalue weighted by Gasteiger charge is 2.26. The maximum Gasteiger partial charge on any atom is 0.321 e. The molecule has 2 N–H and O–H groups in total. The van der Waals surface area contributed by atoms with E-state index in [0.29, 0.717) is 23.3 Å². The third-order valence-electron chi connectivity index (χ3n) is 4.11. The normalized spacial score (nSPS) is 11.1. The van der Waals surface area contributed by atoms with Gasteiger partial charge in [0, 0.05) is 24.6 Å². The molecule has 3 amide bonds. The number of urea groups is 1. The Morgan fingerprint density at radius 3 is 2.23 bits per heavy atom. The number of carbonyl (C=O) groups is 4. The van der Waals surface area contributed by atoms with Gasteiger partial charge in [0.05, 0.1) is 6.61 Å². The number of Topliss-reactive ketones (excluding diaryl/α,β-unsaturated/α-hetero) is 1. The second-order valence-corrected chi connectivity index (χ2v) is 6.38. The summed E-state index contributed by atoms with van der Waals surface area (Å²) in [4.78, 5) is 47.3. The van der Waals surface area contributed by atoms with Crippen LogP contribution in [0.3, 0.4) is 0 Å². The second-order valence-electron chi connectivity index (χ2n) is 6.38. The number of imide groups is 1. The van der Waals surface area contributed by atoms with E-state index in [1.165, 1.54) is 14.0 Å². The molecule has 0 unspecified atom stereocenters. The van der Waals surface area contributed by atoms with E-state index in [1.807, 2.05) is 0 Å². The fourth-order valence-corrected chi connectivity index (χ4v) is 2.52. The molecule has 0 aromatic heterocycles.